The summed E-state index contributed by atoms with van der Waals surface area (Å²) in [7, 11) is -1.85. The summed E-state index contributed by atoms with van der Waals surface area (Å²) >= 11 is 1.05. The van der Waals surface area contributed by atoms with Crippen LogP contribution >= 0.6 is 12.3 Å². The van der Waals surface area contributed by atoms with Crippen LogP contribution < -0.4 is 0 Å². The number of hydrogen-bond donors (Lipinski definition) is 0. The molecule has 6 nitrogen and oxygen atoms in total. The van der Waals surface area contributed by atoms with E-state index in [0.717, 1.165) is 25.2 Å². The van der Waals surface area contributed by atoms with Crippen molar-refractivity contribution in [1.29, 1.82) is 0 Å². The van der Waals surface area contributed by atoms with Crippen molar-refractivity contribution in [2.24, 2.45) is 5.11 Å². The summed E-state index contributed by atoms with van der Waals surface area (Å²) in [5.41, 5.74) is 8.38. The van der Waals surface area contributed by atoms with Gasteiger partial charge in [-0.3, -0.25) is 8.37 Å². The Labute approximate surface area is 132 Å². The van der Waals surface area contributed by atoms with Gasteiger partial charge in [-0.05, 0) is 36.5 Å². The van der Waals surface area contributed by atoms with Gasteiger partial charge in [0.2, 0.25) is 0 Å². The molecule has 0 aromatic rings. The zero-order valence-electron chi connectivity index (χ0n) is 13.5. The first-order valence-corrected chi connectivity index (χ1v) is 10.9. The smallest absolute Gasteiger partial charge is 0.192 e. The van der Waals surface area contributed by atoms with Crippen molar-refractivity contribution in [1.82, 2.24) is 0 Å². The van der Waals surface area contributed by atoms with Gasteiger partial charge in [0.05, 0.1) is 6.61 Å². The molecule has 2 aliphatic rings. The Bertz CT molecular complexity index is 429. The molecule has 0 bridgehead atoms. The topological polar surface area (TPSA) is 76.5 Å². The monoisotopic (exact) mass is 331 g/mol. The van der Waals surface area contributed by atoms with Gasteiger partial charge < -0.3 is 4.43 Å². The lowest BCUT2D eigenvalue weighted by atomic mass is 9.81. The molecule has 1 heterocycles. The fourth-order valence-electron chi connectivity index (χ4n) is 2.68. The Morgan fingerprint density at radius 3 is 2.62 bits per heavy atom. The van der Waals surface area contributed by atoms with Crippen LogP contribution in [0.2, 0.25) is 18.1 Å². The SMILES string of the molecule is CC(C)(C)[Si](C)(C)OC1CC(N=[N+]=[N-])C[C@@]2(COSO2)C1. The van der Waals surface area contributed by atoms with Crippen molar-refractivity contribution in [3.8, 4) is 0 Å². The molecule has 1 spiro atoms. The van der Waals surface area contributed by atoms with Gasteiger partial charge in [0.25, 0.3) is 0 Å². The highest BCUT2D eigenvalue weighted by Gasteiger charge is 2.48. The van der Waals surface area contributed by atoms with Gasteiger partial charge in [-0.2, -0.15) is 0 Å². The van der Waals surface area contributed by atoms with E-state index < -0.39 is 8.32 Å². The Morgan fingerprint density at radius 1 is 1.38 bits per heavy atom. The number of rotatable bonds is 3. The van der Waals surface area contributed by atoms with Crippen molar-refractivity contribution >= 4 is 20.6 Å². The molecule has 0 aromatic carbocycles. The third kappa shape index (κ3) is 3.94. The maximum atomic E-state index is 8.75. The molecule has 1 aliphatic carbocycles. The first-order valence-electron chi connectivity index (χ1n) is 7.37. The Hall–Kier alpha value is -0.243. The molecule has 2 unspecified atom stereocenters. The minimum atomic E-state index is -1.85. The van der Waals surface area contributed by atoms with Crippen LogP contribution in [0.5, 0.6) is 0 Å². The highest BCUT2D eigenvalue weighted by molar-refractivity contribution is 7.90. The van der Waals surface area contributed by atoms with E-state index in [1.807, 2.05) is 0 Å². The van der Waals surface area contributed by atoms with E-state index >= 15 is 0 Å². The van der Waals surface area contributed by atoms with Gasteiger partial charge in [-0.15, -0.1) is 0 Å². The fourth-order valence-corrected chi connectivity index (χ4v) is 4.69. The zero-order valence-corrected chi connectivity index (χ0v) is 15.3. The molecule has 21 heavy (non-hydrogen) atoms. The van der Waals surface area contributed by atoms with E-state index in [9.17, 15) is 0 Å². The highest BCUT2D eigenvalue weighted by atomic mass is 32.2. The summed E-state index contributed by atoms with van der Waals surface area (Å²) in [4.78, 5) is 2.97. The second-order valence-corrected chi connectivity index (χ2v) is 12.9. The lowest BCUT2D eigenvalue weighted by molar-refractivity contribution is -0.0117. The molecule has 8 heteroatoms. The Kier molecular flexibility index (Phi) is 4.97. The molecule has 1 saturated heterocycles. The first kappa shape index (κ1) is 17.1. The average molecular weight is 332 g/mol. The summed E-state index contributed by atoms with van der Waals surface area (Å²) in [5.74, 6) is 0. The lowest BCUT2D eigenvalue weighted by Crippen LogP contribution is -2.51. The van der Waals surface area contributed by atoms with Gasteiger partial charge in [0, 0.05) is 23.5 Å². The number of nitrogens with zero attached hydrogens (tertiary/aromatic N) is 3. The molecule has 0 N–H and O–H groups in total. The van der Waals surface area contributed by atoms with Crippen LogP contribution in [-0.2, 0) is 12.8 Å². The van der Waals surface area contributed by atoms with Gasteiger partial charge >= 0.3 is 0 Å². The van der Waals surface area contributed by atoms with Gasteiger partial charge in [0.15, 0.2) is 20.6 Å². The maximum Gasteiger partial charge on any atom is 0.192 e. The summed E-state index contributed by atoms with van der Waals surface area (Å²) in [5, 5.41) is 4.08. The molecule has 2 rings (SSSR count). The summed E-state index contributed by atoms with van der Waals surface area (Å²) < 4.78 is 17.6. The average Bonchev–Trinajstić information content (AvgIpc) is 2.74. The molecular formula is C13H25N3O3SSi. The Morgan fingerprint density at radius 2 is 2.10 bits per heavy atom. The zero-order chi connectivity index (χ0) is 15.7. The van der Waals surface area contributed by atoms with Crippen molar-refractivity contribution in [2.45, 2.75) is 75.9 Å². The minimum absolute atomic E-state index is 0.0671. The molecule has 0 amide bonds. The molecule has 120 valence electrons. The molecule has 1 aliphatic heterocycles. The van der Waals surface area contributed by atoms with Crippen molar-refractivity contribution < 1.29 is 12.8 Å². The standard InChI is InChI=1S/C13H25N3O3SSi/c1-12(2,3)21(4,5)18-11-6-10(15-16-14)7-13(8-11)9-17-20-19-13/h10-11H,6-9H2,1-5H3/t10?,11?,13-/m0/s1. The minimum Gasteiger partial charge on any atom is -0.414 e. The summed E-state index contributed by atoms with van der Waals surface area (Å²) in [6, 6.07) is -0.0826. The second-order valence-electron chi connectivity index (χ2n) is 7.60. The van der Waals surface area contributed by atoms with Gasteiger partial charge in [-0.25, -0.2) is 0 Å². The molecule has 0 aromatic heterocycles. The van der Waals surface area contributed by atoms with Crippen molar-refractivity contribution in [3.63, 3.8) is 0 Å². The van der Waals surface area contributed by atoms with E-state index in [2.05, 4.69) is 43.9 Å². The van der Waals surface area contributed by atoms with Crippen LogP contribution in [0, 0.1) is 0 Å². The molecule has 1 saturated carbocycles. The van der Waals surface area contributed by atoms with E-state index in [1.165, 1.54) is 0 Å². The van der Waals surface area contributed by atoms with E-state index in [-0.39, 0.29) is 22.8 Å². The van der Waals surface area contributed by atoms with Crippen LogP contribution in [0.4, 0.5) is 0 Å². The second kappa shape index (κ2) is 6.10. The van der Waals surface area contributed by atoms with Crippen molar-refractivity contribution in [3.05, 3.63) is 10.4 Å². The van der Waals surface area contributed by atoms with E-state index in [0.29, 0.717) is 13.0 Å². The predicted octanol–water partition coefficient (Wildman–Crippen LogP) is 4.59. The van der Waals surface area contributed by atoms with E-state index in [1.54, 1.807) is 0 Å². The summed E-state index contributed by atoms with van der Waals surface area (Å²) in [6.07, 6.45) is 2.36. The van der Waals surface area contributed by atoms with Crippen LogP contribution in [-0.4, -0.2) is 32.7 Å². The van der Waals surface area contributed by atoms with Crippen LogP contribution in [0.15, 0.2) is 5.11 Å². The van der Waals surface area contributed by atoms with Gasteiger partial charge in [0.1, 0.15) is 5.60 Å². The van der Waals surface area contributed by atoms with Gasteiger partial charge in [-0.1, -0.05) is 25.9 Å². The largest absolute Gasteiger partial charge is 0.414 e. The number of hydrogen-bond acceptors (Lipinski definition) is 5. The maximum absolute atomic E-state index is 8.75. The van der Waals surface area contributed by atoms with E-state index in [4.69, 9.17) is 18.3 Å². The van der Waals surface area contributed by atoms with Crippen LogP contribution in [0.3, 0.4) is 0 Å². The molecular weight excluding hydrogens is 306 g/mol. The third-order valence-corrected chi connectivity index (χ3v) is 9.98. The lowest BCUT2D eigenvalue weighted by Gasteiger charge is -2.44. The highest BCUT2D eigenvalue weighted by Crippen LogP contribution is 2.45. The molecule has 2 fully saturated rings. The normalized spacial score (nSPS) is 34.0. The van der Waals surface area contributed by atoms with Crippen molar-refractivity contribution in [2.75, 3.05) is 6.61 Å². The fraction of sp³-hybridized carbons (Fsp3) is 1.00. The third-order valence-electron chi connectivity index (χ3n) is 4.81. The number of azide groups is 1. The molecule has 3 atom stereocenters. The molecule has 0 radical (unpaired) electrons. The summed E-state index contributed by atoms with van der Waals surface area (Å²) in [6.45, 7) is 11.7. The quantitative estimate of drug-likeness (QED) is 0.249. The predicted molar refractivity (Wildman–Crippen MR) is 86.2 cm³/mol. The first-order chi connectivity index (χ1) is 9.67. The van der Waals surface area contributed by atoms with Crippen LogP contribution in [0.25, 0.3) is 10.4 Å². The Balaban J connectivity index is 2.13. The van der Waals surface area contributed by atoms with Crippen LogP contribution in [0.1, 0.15) is 40.0 Å².